The molecule has 294 valence electrons. The second-order valence-corrected chi connectivity index (χ2v) is 17.5. The van der Waals surface area contributed by atoms with Crippen molar-refractivity contribution < 1.29 is 27.5 Å². The Morgan fingerprint density at radius 2 is 1.68 bits per heavy atom. The number of nitrogens with one attached hydrogen (secondary N) is 1. The van der Waals surface area contributed by atoms with Gasteiger partial charge in [0.25, 0.3) is 0 Å². The van der Waals surface area contributed by atoms with E-state index in [0.717, 1.165) is 79.5 Å². The van der Waals surface area contributed by atoms with Gasteiger partial charge in [-0.15, -0.1) is 0 Å². The first kappa shape index (κ1) is 35.5. The van der Waals surface area contributed by atoms with Crippen LogP contribution in [0.15, 0.2) is 37.1 Å². The fourth-order valence-corrected chi connectivity index (χ4v) is 10.2. The van der Waals surface area contributed by atoms with Gasteiger partial charge in [-0.1, -0.05) is 12.6 Å². The molecule has 2 spiro atoms. The van der Waals surface area contributed by atoms with Gasteiger partial charge >= 0.3 is 6.18 Å². The summed E-state index contributed by atoms with van der Waals surface area (Å²) >= 11 is 0. The predicted octanol–water partition coefficient (Wildman–Crippen LogP) is 5.13. The fraction of sp³-hybridized carbons (Fsp3) is 0.537. The number of nitrogens with zero attached hydrogens (tertiary/aromatic N) is 8. The van der Waals surface area contributed by atoms with Crippen LogP contribution in [-0.4, -0.2) is 132 Å². The summed E-state index contributed by atoms with van der Waals surface area (Å²) < 4.78 is 48.4. The summed E-state index contributed by atoms with van der Waals surface area (Å²) in [5, 5.41) is 8.77. The van der Waals surface area contributed by atoms with E-state index >= 15 is 0 Å². The minimum atomic E-state index is -4.59. The van der Waals surface area contributed by atoms with Gasteiger partial charge in [0.15, 0.2) is 12.4 Å². The summed E-state index contributed by atoms with van der Waals surface area (Å²) in [6.45, 7) is 11.3. The highest BCUT2D eigenvalue weighted by Gasteiger charge is 2.54. The maximum atomic E-state index is 14.1. The summed E-state index contributed by atoms with van der Waals surface area (Å²) in [5.74, 6) is 1.17. The van der Waals surface area contributed by atoms with Crippen molar-refractivity contribution in [3.8, 4) is 16.9 Å². The Labute approximate surface area is 322 Å². The summed E-state index contributed by atoms with van der Waals surface area (Å²) in [5.41, 5.74) is 4.57. The number of likely N-dealkylation sites (tertiary alicyclic amines) is 3. The molecule has 0 bridgehead atoms. The number of fused-ring (bicyclic) bond motifs is 2. The molecule has 2 aromatic carbocycles. The van der Waals surface area contributed by atoms with Crippen molar-refractivity contribution in [2.45, 2.75) is 44.7 Å². The zero-order valence-corrected chi connectivity index (χ0v) is 31.8. The van der Waals surface area contributed by atoms with Gasteiger partial charge in [0.05, 0.1) is 17.6 Å². The number of aromatic nitrogens is 4. The second-order valence-electron chi connectivity index (χ2n) is 17.5. The summed E-state index contributed by atoms with van der Waals surface area (Å²) in [6.07, 6.45) is 2.00. The molecule has 12 nitrogen and oxygen atoms in total. The Hall–Kier alpha value is -4.92. The first-order chi connectivity index (χ1) is 26.8. The quantitative estimate of drug-likeness (QED) is 0.244. The van der Waals surface area contributed by atoms with Crippen molar-refractivity contribution in [2.75, 3.05) is 88.9 Å². The predicted molar refractivity (Wildman–Crippen MR) is 206 cm³/mol. The number of piperidine rings is 1. The van der Waals surface area contributed by atoms with Crippen LogP contribution in [0.2, 0.25) is 0 Å². The number of H-pyrrole nitrogens is 1. The van der Waals surface area contributed by atoms with E-state index in [1.165, 1.54) is 6.08 Å². The minimum Gasteiger partial charge on any atom is -0.481 e. The van der Waals surface area contributed by atoms with Gasteiger partial charge < -0.3 is 29.2 Å². The monoisotopic (exact) mass is 769 g/mol. The van der Waals surface area contributed by atoms with E-state index in [2.05, 4.69) is 39.7 Å². The molecule has 2 amide bonds. The third-order valence-corrected chi connectivity index (χ3v) is 13.2. The molecule has 0 unspecified atom stereocenters. The Kier molecular flexibility index (Phi) is 7.95. The highest BCUT2D eigenvalue weighted by Crippen LogP contribution is 2.53. The number of amides is 2. The topological polar surface area (TPSA) is 114 Å². The number of alkyl halides is 3. The molecule has 1 saturated carbocycles. The molecule has 6 aliphatic rings. The molecule has 10 rings (SSSR count). The number of hydrogen-bond acceptors (Lipinski definition) is 9. The highest BCUT2D eigenvalue weighted by molar-refractivity contribution is 6.06. The third kappa shape index (κ3) is 5.87. The second kappa shape index (κ2) is 12.5. The molecule has 7 heterocycles. The Balaban J connectivity index is 1.06. The van der Waals surface area contributed by atoms with Crippen molar-refractivity contribution >= 4 is 45.4 Å². The van der Waals surface area contributed by atoms with Crippen molar-refractivity contribution in [1.82, 2.24) is 34.9 Å². The van der Waals surface area contributed by atoms with Crippen LogP contribution in [0.3, 0.4) is 0 Å². The third-order valence-electron chi connectivity index (χ3n) is 13.2. The van der Waals surface area contributed by atoms with Crippen LogP contribution in [0.1, 0.15) is 42.7 Å². The molecule has 0 atom stereocenters. The number of rotatable bonds is 8. The van der Waals surface area contributed by atoms with Crippen molar-refractivity contribution in [3.63, 3.8) is 0 Å². The molecule has 1 N–H and O–H groups in total. The lowest BCUT2D eigenvalue weighted by Crippen LogP contribution is -2.73. The van der Waals surface area contributed by atoms with Crippen LogP contribution in [-0.2, 0) is 9.59 Å². The Bertz CT molecular complexity index is 2270. The lowest BCUT2D eigenvalue weighted by atomic mass is 9.72. The van der Waals surface area contributed by atoms with Crippen molar-refractivity contribution in [3.05, 3.63) is 48.2 Å². The van der Waals surface area contributed by atoms with Crippen LogP contribution < -0.4 is 14.5 Å². The molecule has 56 heavy (non-hydrogen) atoms. The molecule has 4 aromatic rings. The molecular weight excluding hydrogens is 724 g/mol. The van der Waals surface area contributed by atoms with Gasteiger partial charge in [-0.2, -0.15) is 23.3 Å². The number of aromatic amines is 1. The first-order valence-corrected chi connectivity index (χ1v) is 19.7. The van der Waals surface area contributed by atoms with Crippen molar-refractivity contribution in [1.29, 1.82) is 0 Å². The Morgan fingerprint density at radius 3 is 2.34 bits per heavy atom. The van der Waals surface area contributed by atoms with E-state index in [9.17, 15) is 22.8 Å². The number of ether oxygens (including phenoxy) is 1. The van der Waals surface area contributed by atoms with E-state index < -0.39 is 12.8 Å². The van der Waals surface area contributed by atoms with E-state index in [4.69, 9.17) is 14.7 Å². The standard InChI is InChI=1S/C41H46F3N9O3/c1-4-31(54)52-19-39(20-52)9-11-50(12-10-39)36-28-13-27(25-6-7-25)33(32-24(2)5-8-30-29(32)14-45-48-30)35(56-23-41(42,43)44)34(28)46-38(47-36)51-15-26(16-51)37(55)53-21-40(22-53)17-49(3)18-40/h4-5,8,13-14,25-26H,1,6-7,9-12,15-23H2,2-3H3,(H,45,48). The van der Waals surface area contributed by atoms with Gasteiger partial charge in [0.2, 0.25) is 17.8 Å². The molecule has 5 saturated heterocycles. The van der Waals surface area contributed by atoms with E-state index in [0.29, 0.717) is 67.5 Å². The largest absolute Gasteiger partial charge is 0.481 e. The van der Waals surface area contributed by atoms with Crippen LogP contribution in [0.5, 0.6) is 5.75 Å². The number of hydrogen-bond donors (Lipinski definition) is 1. The maximum Gasteiger partial charge on any atom is 0.422 e. The van der Waals surface area contributed by atoms with Gasteiger partial charge in [-0.25, -0.2) is 4.98 Å². The fourth-order valence-electron chi connectivity index (χ4n) is 10.2. The number of halogens is 3. The maximum absolute atomic E-state index is 14.1. The normalized spacial score (nSPS) is 21.9. The highest BCUT2D eigenvalue weighted by atomic mass is 19.4. The van der Waals surface area contributed by atoms with Gasteiger partial charge in [0, 0.05) is 92.6 Å². The zero-order valence-electron chi connectivity index (χ0n) is 31.8. The van der Waals surface area contributed by atoms with Gasteiger partial charge in [-0.3, -0.25) is 14.7 Å². The summed E-state index contributed by atoms with van der Waals surface area (Å²) in [6, 6.07) is 5.98. The smallest absolute Gasteiger partial charge is 0.422 e. The van der Waals surface area contributed by atoms with Crippen LogP contribution in [0, 0.1) is 23.7 Å². The number of anilines is 2. The van der Waals surface area contributed by atoms with Crippen LogP contribution >= 0.6 is 0 Å². The zero-order chi connectivity index (χ0) is 38.7. The molecular formula is C41H46F3N9O3. The van der Waals surface area contributed by atoms with E-state index in [1.54, 1.807) is 6.20 Å². The number of carbonyl (C=O) groups is 2. The van der Waals surface area contributed by atoms with E-state index in [1.807, 2.05) is 33.8 Å². The van der Waals surface area contributed by atoms with Gasteiger partial charge in [0.1, 0.15) is 11.3 Å². The SMILES string of the molecule is C=CC(=O)N1CC2(CCN(c3nc(N4CC(C(=O)N5CC6(CN(C)C6)C5)C4)nc4c(OCC(F)(F)F)c(-c5c(C)ccc6[nH]ncc56)c(C5CC5)cc34)CC2)C1. The lowest BCUT2D eigenvalue weighted by Gasteiger charge is -2.60. The summed E-state index contributed by atoms with van der Waals surface area (Å²) in [7, 11) is 2.10. The average Bonchev–Trinajstić information content (AvgIpc) is 3.85. The molecule has 15 heteroatoms. The number of benzene rings is 2. The molecule has 1 aliphatic carbocycles. The van der Waals surface area contributed by atoms with Crippen LogP contribution in [0.25, 0.3) is 32.9 Å². The lowest BCUT2D eigenvalue weighted by molar-refractivity contribution is -0.161. The Morgan fingerprint density at radius 1 is 0.964 bits per heavy atom. The van der Waals surface area contributed by atoms with Crippen molar-refractivity contribution in [2.24, 2.45) is 16.7 Å². The van der Waals surface area contributed by atoms with Crippen LogP contribution in [0.4, 0.5) is 24.9 Å². The minimum absolute atomic E-state index is 0.0182. The molecule has 5 aliphatic heterocycles. The van der Waals surface area contributed by atoms with Gasteiger partial charge in [-0.05, 0) is 80.5 Å². The first-order valence-electron chi connectivity index (χ1n) is 19.7. The van der Waals surface area contributed by atoms with E-state index in [-0.39, 0.29) is 40.2 Å². The molecule has 6 fully saturated rings. The molecule has 0 radical (unpaired) electrons. The number of aryl methyl sites for hydroxylation is 1. The molecule has 2 aromatic heterocycles. The average molecular weight is 770 g/mol. The summed E-state index contributed by atoms with van der Waals surface area (Å²) in [4.78, 5) is 46.3. The number of carbonyl (C=O) groups excluding carboxylic acids is 2.